The highest BCUT2D eigenvalue weighted by Crippen LogP contribution is 2.37. The molecular formula is C23H33N7O9. The fraction of sp³-hybridized carbons (Fsp3) is 0.696. The minimum atomic E-state index is -1.23. The van der Waals surface area contributed by atoms with Gasteiger partial charge in [0.05, 0.1) is 11.7 Å². The van der Waals surface area contributed by atoms with Crippen LogP contribution in [0.15, 0.2) is 20.8 Å². The number of nitrogens with zero attached hydrogens (tertiary/aromatic N) is 6. The van der Waals surface area contributed by atoms with Gasteiger partial charge in [-0.1, -0.05) is 12.0 Å². The number of carbonyl (C=O) groups is 3. The molecule has 1 aromatic heterocycles. The van der Waals surface area contributed by atoms with Crippen LogP contribution in [0.1, 0.15) is 45.4 Å². The van der Waals surface area contributed by atoms with Crippen LogP contribution in [0.3, 0.4) is 0 Å². The number of nitrogens with one attached hydrogen (secondary N) is 1. The molecule has 0 saturated carbocycles. The molecule has 1 N–H and O–H groups in total. The average Bonchev–Trinajstić information content (AvgIpc) is 2.86. The van der Waals surface area contributed by atoms with Gasteiger partial charge in [0.2, 0.25) is 0 Å². The van der Waals surface area contributed by atoms with Crippen LogP contribution in [-0.4, -0.2) is 77.0 Å². The number of methoxy groups -OCH3 is 2. The van der Waals surface area contributed by atoms with Crippen LogP contribution >= 0.6 is 0 Å². The molecule has 16 nitrogen and oxygen atoms in total. The number of carbonyl (C=O) groups excluding carboxylic acids is 3. The molecule has 214 valence electrons. The molecule has 0 aromatic carbocycles. The molecule has 2 fully saturated rings. The van der Waals surface area contributed by atoms with Gasteiger partial charge in [-0.15, -0.1) is 0 Å². The van der Waals surface area contributed by atoms with Gasteiger partial charge in [-0.2, -0.15) is 0 Å². The van der Waals surface area contributed by atoms with Gasteiger partial charge in [0.15, 0.2) is 6.10 Å². The Labute approximate surface area is 223 Å². The predicted octanol–water partition coefficient (Wildman–Crippen LogP) is 0.625. The fourth-order valence-electron chi connectivity index (χ4n) is 5.32. The lowest BCUT2D eigenvalue weighted by molar-refractivity contribution is -0.157. The number of ether oxygens (including phenoxy) is 4. The first-order valence-electron chi connectivity index (χ1n) is 12.3. The molecule has 0 aliphatic carbocycles. The molecule has 6 atom stereocenters. The molecule has 1 aromatic rings. The lowest BCUT2D eigenvalue weighted by atomic mass is 9.80. The molecular weight excluding hydrogens is 518 g/mol. The Morgan fingerprint density at radius 1 is 1.13 bits per heavy atom. The van der Waals surface area contributed by atoms with Crippen molar-refractivity contribution in [3.05, 3.63) is 43.0 Å². The van der Waals surface area contributed by atoms with E-state index in [0.717, 1.165) is 15.2 Å². The first-order chi connectivity index (χ1) is 18.5. The molecule has 2 aliphatic heterocycles. The maximum Gasteiger partial charge on any atom is 0.335 e. The molecule has 0 spiro atoms. The Kier molecular flexibility index (Phi) is 9.72. The summed E-state index contributed by atoms with van der Waals surface area (Å²) in [6.45, 7) is 3.65. The molecule has 3 heterocycles. The van der Waals surface area contributed by atoms with E-state index >= 15 is 0 Å². The molecule has 2 aliphatic rings. The Hall–Kier alpha value is -3.88. The van der Waals surface area contributed by atoms with Crippen molar-refractivity contribution in [1.82, 2.24) is 19.4 Å². The lowest BCUT2D eigenvalue weighted by Crippen LogP contribution is -2.67. The normalized spacial score (nSPS) is 25.1. The van der Waals surface area contributed by atoms with Crippen LogP contribution in [0.2, 0.25) is 0 Å². The van der Waals surface area contributed by atoms with Crippen LogP contribution in [0, 0.1) is 5.92 Å². The Balaban J connectivity index is 2.07. The Bertz CT molecular complexity index is 1260. The maximum absolute atomic E-state index is 13.4. The fourth-order valence-corrected chi connectivity index (χ4v) is 5.32. The van der Waals surface area contributed by atoms with Gasteiger partial charge in [0, 0.05) is 70.0 Å². The quantitative estimate of drug-likeness (QED) is 0.188. The van der Waals surface area contributed by atoms with Gasteiger partial charge >= 0.3 is 23.7 Å². The van der Waals surface area contributed by atoms with Crippen LogP contribution in [0.5, 0.6) is 0 Å². The van der Waals surface area contributed by atoms with Crippen molar-refractivity contribution >= 4 is 18.0 Å². The van der Waals surface area contributed by atoms with E-state index in [1.165, 1.54) is 28.1 Å². The summed E-state index contributed by atoms with van der Waals surface area (Å²) in [7, 11) is 2.68. The zero-order chi connectivity index (χ0) is 28.9. The number of esters is 2. The van der Waals surface area contributed by atoms with Crippen molar-refractivity contribution < 1.29 is 33.3 Å². The summed E-state index contributed by atoms with van der Waals surface area (Å²) in [6.07, 6.45) is -1.32. The summed E-state index contributed by atoms with van der Waals surface area (Å²) in [5.41, 5.74) is 7.46. The highest BCUT2D eigenvalue weighted by atomic mass is 16.5. The molecule has 39 heavy (non-hydrogen) atoms. The van der Waals surface area contributed by atoms with E-state index in [-0.39, 0.29) is 44.5 Å². The number of aromatic nitrogens is 2. The van der Waals surface area contributed by atoms with E-state index < -0.39 is 59.6 Å². The number of azide groups is 1. The number of urea groups is 1. The van der Waals surface area contributed by atoms with Crippen LogP contribution < -0.4 is 16.6 Å². The smallest absolute Gasteiger partial charge is 0.335 e. The van der Waals surface area contributed by atoms with Crippen LogP contribution in [-0.2, 0) is 42.0 Å². The topological polar surface area (TPSA) is 196 Å². The third kappa shape index (κ3) is 6.41. The summed E-state index contributed by atoms with van der Waals surface area (Å²) < 4.78 is 23.2. The maximum atomic E-state index is 13.4. The molecule has 0 radical (unpaired) electrons. The van der Waals surface area contributed by atoms with E-state index in [1.54, 1.807) is 11.8 Å². The first-order valence-corrected chi connectivity index (χ1v) is 12.3. The standard InChI is InChI=1S/C23H33N7O9/c1-12-18(9-25-27-24)30-15(7-19(12)38-13(2)31)6-16(26-22(30)34)21(39-14(3)32)17-8-20(33)29(11-37-5)23(35)28(17)10-36-4/h8,12,15-16,18-19,21H,6-7,9-11H2,1-5H3,(H,26,34)/t12-,15+,16-,18-,19+,21-/m1/s1. The van der Waals surface area contributed by atoms with E-state index in [2.05, 4.69) is 15.3 Å². The van der Waals surface area contributed by atoms with E-state index in [4.69, 9.17) is 24.5 Å². The third-order valence-electron chi connectivity index (χ3n) is 6.94. The van der Waals surface area contributed by atoms with E-state index in [0.29, 0.717) is 0 Å². The van der Waals surface area contributed by atoms with Gasteiger partial charge in [-0.25, -0.2) is 14.2 Å². The van der Waals surface area contributed by atoms with Crippen LogP contribution in [0.25, 0.3) is 10.4 Å². The Morgan fingerprint density at radius 2 is 1.79 bits per heavy atom. The summed E-state index contributed by atoms with van der Waals surface area (Å²) in [6, 6.07) is -1.32. The van der Waals surface area contributed by atoms with Crippen molar-refractivity contribution in [3.8, 4) is 0 Å². The molecule has 0 bridgehead atoms. The number of hydrogen-bond acceptors (Lipinski definition) is 10. The molecule has 16 heteroatoms. The number of amides is 2. The molecule has 0 unspecified atom stereocenters. The Morgan fingerprint density at radius 3 is 2.38 bits per heavy atom. The molecule has 2 amide bonds. The summed E-state index contributed by atoms with van der Waals surface area (Å²) in [5.74, 6) is -1.52. The second-order valence-corrected chi connectivity index (χ2v) is 9.49. The van der Waals surface area contributed by atoms with Gasteiger partial charge in [0.1, 0.15) is 19.6 Å². The number of rotatable bonds is 10. The number of fused-ring (bicyclic) bond motifs is 1. The lowest BCUT2D eigenvalue weighted by Gasteiger charge is -2.52. The largest absolute Gasteiger partial charge is 0.462 e. The number of hydrogen-bond donors (Lipinski definition) is 1. The van der Waals surface area contributed by atoms with Gasteiger partial charge in [0.25, 0.3) is 5.56 Å². The monoisotopic (exact) mass is 551 g/mol. The summed E-state index contributed by atoms with van der Waals surface area (Å²) >= 11 is 0. The van der Waals surface area contributed by atoms with Gasteiger partial charge < -0.3 is 29.2 Å². The number of piperidine rings is 1. The molecule has 3 rings (SSSR count). The summed E-state index contributed by atoms with van der Waals surface area (Å²) in [5, 5.41) is 6.48. The highest BCUT2D eigenvalue weighted by molar-refractivity contribution is 5.77. The van der Waals surface area contributed by atoms with Crippen LogP contribution in [0.4, 0.5) is 4.79 Å². The van der Waals surface area contributed by atoms with Crippen molar-refractivity contribution in [2.75, 3.05) is 20.8 Å². The average molecular weight is 552 g/mol. The summed E-state index contributed by atoms with van der Waals surface area (Å²) in [4.78, 5) is 67.7. The van der Waals surface area contributed by atoms with Crippen molar-refractivity contribution in [1.29, 1.82) is 0 Å². The zero-order valence-corrected chi connectivity index (χ0v) is 22.4. The second kappa shape index (κ2) is 12.8. The van der Waals surface area contributed by atoms with E-state index in [9.17, 15) is 24.0 Å². The van der Waals surface area contributed by atoms with Gasteiger partial charge in [-0.3, -0.25) is 19.0 Å². The van der Waals surface area contributed by atoms with E-state index in [1.807, 2.05) is 0 Å². The van der Waals surface area contributed by atoms with Crippen molar-refractivity contribution in [2.24, 2.45) is 11.0 Å². The first kappa shape index (κ1) is 29.7. The van der Waals surface area contributed by atoms with Crippen molar-refractivity contribution in [2.45, 2.75) is 77.4 Å². The highest BCUT2D eigenvalue weighted by Gasteiger charge is 2.49. The molecule has 2 saturated heterocycles. The zero-order valence-electron chi connectivity index (χ0n) is 22.4. The third-order valence-corrected chi connectivity index (χ3v) is 6.94. The minimum Gasteiger partial charge on any atom is -0.462 e. The van der Waals surface area contributed by atoms with Crippen molar-refractivity contribution in [3.63, 3.8) is 0 Å². The van der Waals surface area contributed by atoms with Gasteiger partial charge in [-0.05, 0) is 12.0 Å². The SMILES string of the molecule is COCn1c([C@H](OC(C)=O)[C@H]2C[C@H]3C[C@H](OC(C)=O)[C@H](C)[C@@H](CN=[N+]=[N-])N3C(=O)N2)cc(=O)n(COC)c1=O. The minimum absolute atomic E-state index is 0.0273. The second-order valence-electron chi connectivity index (χ2n) is 9.49. The predicted molar refractivity (Wildman–Crippen MR) is 133 cm³/mol.